The van der Waals surface area contributed by atoms with Gasteiger partial charge in [-0.3, -0.25) is 4.98 Å². The molecule has 7 nitrogen and oxygen atoms in total. The van der Waals surface area contributed by atoms with Crippen LogP contribution in [0.4, 0.5) is 17.5 Å². The summed E-state index contributed by atoms with van der Waals surface area (Å²) in [5.74, 6) is 2.86. The van der Waals surface area contributed by atoms with E-state index in [2.05, 4.69) is 26.7 Å². The summed E-state index contributed by atoms with van der Waals surface area (Å²) in [6.45, 7) is 0. The van der Waals surface area contributed by atoms with E-state index in [1.807, 2.05) is 36.0 Å². The van der Waals surface area contributed by atoms with E-state index in [1.54, 1.807) is 12.5 Å². The summed E-state index contributed by atoms with van der Waals surface area (Å²) in [5, 5.41) is 16.8. The third-order valence-corrected chi connectivity index (χ3v) is 5.13. The number of imidazole rings is 1. The fourth-order valence-corrected chi connectivity index (χ4v) is 3.69. The van der Waals surface area contributed by atoms with E-state index in [9.17, 15) is 0 Å². The van der Waals surface area contributed by atoms with Crippen LogP contribution in [-0.2, 0) is 7.05 Å². The van der Waals surface area contributed by atoms with Crippen molar-refractivity contribution in [2.45, 2.75) is 38.1 Å². The Balaban J connectivity index is 1.56. The molecule has 0 amide bonds. The zero-order valence-electron chi connectivity index (χ0n) is 15.4. The minimum absolute atomic E-state index is 0.376. The van der Waals surface area contributed by atoms with Gasteiger partial charge in [-0.25, -0.2) is 9.97 Å². The van der Waals surface area contributed by atoms with Crippen LogP contribution in [0, 0.1) is 17.2 Å². The molecule has 4 rings (SSSR count). The molecule has 0 unspecified atom stereocenters. The second-order valence-electron chi connectivity index (χ2n) is 7.20. The molecular formula is C20H23N7. The van der Waals surface area contributed by atoms with Crippen LogP contribution in [0.1, 0.15) is 32.1 Å². The van der Waals surface area contributed by atoms with E-state index in [-0.39, 0.29) is 0 Å². The lowest BCUT2D eigenvalue weighted by Gasteiger charge is -2.28. The highest BCUT2D eigenvalue weighted by atomic mass is 15.1. The number of aryl methyl sites for hydroxylation is 1. The lowest BCUT2D eigenvalue weighted by atomic mass is 9.84. The number of pyridine rings is 2. The molecule has 2 N–H and O–H groups in total. The van der Waals surface area contributed by atoms with Gasteiger partial charge in [-0.05, 0) is 43.7 Å². The molecule has 0 saturated heterocycles. The van der Waals surface area contributed by atoms with Gasteiger partial charge in [-0.15, -0.1) is 0 Å². The van der Waals surface area contributed by atoms with Crippen LogP contribution in [-0.4, -0.2) is 25.6 Å². The van der Waals surface area contributed by atoms with Gasteiger partial charge in [0.05, 0.1) is 17.9 Å². The van der Waals surface area contributed by atoms with Crippen molar-refractivity contribution in [1.29, 1.82) is 5.26 Å². The number of nitrogens with one attached hydrogen (secondary N) is 2. The molecule has 3 aromatic heterocycles. The number of nitrogens with zero attached hydrogens (tertiary/aromatic N) is 5. The van der Waals surface area contributed by atoms with Crippen molar-refractivity contribution < 1.29 is 0 Å². The van der Waals surface area contributed by atoms with Crippen LogP contribution in [0.3, 0.4) is 0 Å². The van der Waals surface area contributed by atoms with Crippen molar-refractivity contribution in [2.75, 3.05) is 10.6 Å². The molecule has 3 aromatic rings. The number of anilines is 3. The van der Waals surface area contributed by atoms with Gasteiger partial charge in [0.25, 0.3) is 0 Å². The molecule has 0 aromatic carbocycles. The fourth-order valence-electron chi connectivity index (χ4n) is 3.69. The minimum Gasteiger partial charge on any atom is -0.367 e. The highest BCUT2D eigenvalue weighted by molar-refractivity contribution is 5.91. The molecule has 1 aliphatic carbocycles. The molecule has 138 valence electrons. The average Bonchev–Trinajstić information content (AvgIpc) is 3.08. The Morgan fingerprint density at radius 1 is 1.22 bits per heavy atom. The zero-order chi connectivity index (χ0) is 18.6. The monoisotopic (exact) mass is 361 g/mol. The van der Waals surface area contributed by atoms with Crippen molar-refractivity contribution in [3.05, 3.63) is 36.9 Å². The van der Waals surface area contributed by atoms with Crippen LogP contribution < -0.4 is 10.6 Å². The summed E-state index contributed by atoms with van der Waals surface area (Å²) in [6, 6.07) is 8.60. The van der Waals surface area contributed by atoms with Gasteiger partial charge in [0.1, 0.15) is 17.5 Å². The maximum Gasteiger partial charge on any atom is 0.149 e. The maximum absolute atomic E-state index is 8.90. The number of fused-ring (bicyclic) bond motifs is 1. The summed E-state index contributed by atoms with van der Waals surface area (Å²) in [5.41, 5.74) is 0.895. The van der Waals surface area contributed by atoms with Gasteiger partial charge < -0.3 is 15.2 Å². The molecule has 0 spiro atoms. The Morgan fingerprint density at radius 2 is 2.07 bits per heavy atom. The van der Waals surface area contributed by atoms with Crippen molar-refractivity contribution in [1.82, 2.24) is 19.5 Å². The van der Waals surface area contributed by atoms with E-state index < -0.39 is 0 Å². The first kappa shape index (κ1) is 17.3. The molecule has 27 heavy (non-hydrogen) atoms. The normalized spacial score (nSPS) is 19.6. The molecule has 1 aliphatic rings. The highest BCUT2D eigenvalue weighted by Gasteiger charge is 2.22. The van der Waals surface area contributed by atoms with Gasteiger partial charge in [0.15, 0.2) is 0 Å². The van der Waals surface area contributed by atoms with Crippen LogP contribution in [0.25, 0.3) is 10.9 Å². The van der Waals surface area contributed by atoms with E-state index in [0.717, 1.165) is 54.0 Å². The number of aromatic nitrogens is 4. The zero-order valence-corrected chi connectivity index (χ0v) is 15.4. The summed E-state index contributed by atoms with van der Waals surface area (Å²) < 4.78 is 1.89. The van der Waals surface area contributed by atoms with E-state index in [1.165, 1.54) is 0 Å². The Morgan fingerprint density at radius 3 is 2.81 bits per heavy atom. The Labute approximate surface area is 158 Å². The third kappa shape index (κ3) is 4.00. The molecule has 0 radical (unpaired) electrons. The molecular weight excluding hydrogens is 338 g/mol. The first-order chi connectivity index (χ1) is 13.2. The van der Waals surface area contributed by atoms with E-state index in [4.69, 9.17) is 10.2 Å². The van der Waals surface area contributed by atoms with Gasteiger partial charge in [0, 0.05) is 43.4 Å². The van der Waals surface area contributed by atoms with Crippen molar-refractivity contribution in [2.24, 2.45) is 13.0 Å². The largest absolute Gasteiger partial charge is 0.367 e. The Kier molecular flexibility index (Phi) is 4.88. The second kappa shape index (κ2) is 7.62. The van der Waals surface area contributed by atoms with Gasteiger partial charge >= 0.3 is 0 Å². The molecule has 1 saturated carbocycles. The lowest BCUT2D eigenvalue weighted by Crippen LogP contribution is -2.26. The van der Waals surface area contributed by atoms with Crippen molar-refractivity contribution in [3.63, 3.8) is 0 Å². The fraction of sp³-hybridized carbons (Fsp3) is 0.400. The van der Waals surface area contributed by atoms with E-state index >= 15 is 0 Å². The molecule has 0 atom stereocenters. The summed E-state index contributed by atoms with van der Waals surface area (Å²) >= 11 is 0. The summed E-state index contributed by atoms with van der Waals surface area (Å²) in [7, 11) is 1.93. The average molecular weight is 361 g/mol. The van der Waals surface area contributed by atoms with Crippen LogP contribution in [0.2, 0.25) is 0 Å². The predicted octanol–water partition coefficient (Wildman–Crippen LogP) is 3.99. The standard InChI is InChI=1S/C20H23N7/c1-27-12-19(23-13-27)25-18-11-17-16(3-2-10-22-17)20(26-18)24-15-6-4-14(5-7-15)8-9-21/h2-3,10-15H,4-8H2,1H3,(H2,24,25,26). The first-order valence-corrected chi connectivity index (χ1v) is 9.35. The number of hydrogen-bond acceptors (Lipinski definition) is 6. The second-order valence-corrected chi connectivity index (χ2v) is 7.20. The number of nitriles is 1. The smallest absolute Gasteiger partial charge is 0.149 e. The Hall–Kier alpha value is -3.14. The molecule has 7 heteroatoms. The third-order valence-electron chi connectivity index (χ3n) is 5.13. The topological polar surface area (TPSA) is 91.5 Å². The number of rotatable bonds is 5. The van der Waals surface area contributed by atoms with Gasteiger partial charge in [-0.1, -0.05) is 0 Å². The highest BCUT2D eigenvalue weighted by Crippen LogP contribution is 2.31. The van der Waals surface area contributed by atoms with Gasteiger partial charge in [0.2, 0.25) is 0 Å². The molecule has 0 bridgehead atoms. The number of hydrogen-bond donors (Lipinski definition) is 2. The van der Waals surface area contributed by atoms with E-state index in [0.29, 0.717) is 18.4 Å². The molecule has 3 heterocycles. The Bertz CT molecular complexity index is 964. The quantitative estimate of drug-likeness (QED) is 0.714. The summed E-state index contributed by atoms with van der Waals surface area (Å²) in [6.07, 6.45) is 10.4. The van der Waals surface area contributed by atoms with Crippen molar-refractivity contribution >= 4 is 28.4 Å². The van der Waals surface area contributed by atoms with Gasteiger partial charge in [-0.2, -0.15) is 5.26 Å². The SMILES string of the molecule is Cn1cnc(Nc2cc3ncccc3c(NC3CCC(CC#N)CC3)n2)c1. The minimum atomic E-state index is 0.376. The molecule has 1 fully saturated rings. The van der Waals surface area contributed by atoms with Crippen molar-refractivity contribution in [3.8, 4) is 6.07 Å². The van der Waals surface area contributed by atoms with Crippen LogP contribution in [0.15, 0.2) is 36.9 Å². The lowest BCUT2D eigenvalue weighted by molar-refractivity contribution is 0.342. The maximum atomic E-state index is 8.90. The predicted molar refractivity (Wildman–Crippen MR) is 106 cm³/mol. The first-order valence-electron chi connectivity index (χ1n) is 9.35. The van der Waals surface area contributed by atoms with Crippen LogP contribution >= 0.6 is 0 Å². The molecule has 0 aliphatic heterocycles. The summed E-state index contributed by atoms with van der Waals surface area (Å²) in [4.78, 5) is 13.6. The van der Waals surface area contributed by atoms with Crippen LogP contribution in [0.5, 0.6) is 0 Å².